The average Bonchev–Trinajstić information content (AvgIpc) is 3.40. The van der Waals surface area contributed by atoms with Crippen molar-refractivity contribution >= 4 is 11.6 Å². The molecule has 6 nitrogen and oxygen atoms in total. The Labute approximate surface area is 204 Å². The molecule has 0 spiro atoms. The Kier molecular flexibility index (Phi) is 6.86. The molecule has 0 atom stereocenters. The lowest BCUT2D eigenvalue weighted by molar-refractivity contribution is 0.0948. The lowest BCUT2D eigenvalue weighted by atomic mass is 10.1. The Morgan fingerprint density at radius 1 is 0.914 bits per heavy atom. The van der Waals surface area contributed by atoms with Crippen molar-refractivity contribution < 1.29 is 13.6 Å². The van der Waals surface area contributed by atoms with Gasteiger partial charge >= 0.3 is 0 Å². The first-order valence-electron chi connectivity index (χ1n) is 11.8. The van der Waals surface area contributed by atoms with E-state index >= 15 is 0 Å². The van der Waals surface area contributed by atoms with E-state index in [0.717, 1.165) is 44.0 Å². The SMILES string of the molecule is O=C(NCCN1CCN(c2ccc(F)cc2)CC1)c1ccccc1-c1ncc(-c2ccccc2)o1. The molecule has 1 saturated heterocycles. The fraction of sp³-hybridized carbons (Fsp3) is 0.214. The second-order valence-corrected chi connectivity index (χ2v) is 8.50. The lowest BCUT2D eigenvalue weighted by Gasteiger charge is -2.36. The van der Waals surface area contributed by atoms with Crippen LogP contribution >= 0.6 is 0 Å². The minimum absolute atomic E-state index is 0.148. The van der Waals surface area contributed by atoms with Gasteiger partial charge in [0.15, 0.2) is 5.76 Å². The van der Waals surface area contributed by atoms with Crippen LogP contribution in [0, 0.1) is 5.82 Å². The van der Waals surface area contributed by atoms with Crippen molar-refractivity contribution in [1.29, 1.82) is 0 Å². The van der Waals surface area contributed by atoms with Gasteiger partial charge in [0.25, 0.3) is 5.91 Å². The molecule has 178 valence electrons. The highest BCUT2D eigenvalue weighted by Gasteiger charge is 2.19. The number of nitrogens with zero attached hydrogens (tertiary/aromatic N) is 3. The van der Waals surface area contributed by atoms with E-state index in [9.17, 15) is 9.18 Å². The van der Waals surface area contributed by atoms with Crippen molar-refractivity contribution in [2.24, 2.45) is 0 Å². The van der Waals surface area contributed by atoms with E-state index in [1.165, 1.54) is 12.1 Å². The van der Waals surface area contributed by atoms with Crippen molar-refractivity contribution in [2.45, 2.75) is 0 Å². The van der Waals surface area contributed by atoms with Crippen molar-refractivity contribution in [3.05, 3.63) is 96.4 Å². The Morgan fingerprint density at radius 2 is 1.63 bits per heavy atom. The number of nitrogens with one attached hydrogen (secondary N) is 1. The zero-order valence-electron chi connectivity index (χ0n) is 19.4. The predicted molar refractivity (Wildman–Crippen MR) is 135 cm³/mol. The minimum Gasteiger partial charge on any atom is -0.436 e. The quantitative estimate of drug-likeness (QED) is 0.424. The minimum atomic E-state index is -0.218. The topological polar surface area (TPSA) is 61.6 Å². The number of amides is 1. The lowest BCUT2D eigenvalue weighted by Crippen LogP contribution is -2.48. The van der Waals surface area contributed by atoms with Gasteiger partial charge in [-0.3, -0.25) is 9.69 Å². The number of hydrogen-bond acceptors (Lipinski definition) is 5. The molecule has 0 bridgehead atoms. The fourth-order valence-corrected chi connectivity index (χ4v) is 4.31. The molecule has 4 aromatic rings. The molecular formula is C28H27FN4O2. The summed E-state index contributed by atoms with van der Waals surface area (Å²) in [4.78, 5) is 22.0. The molecular weight excluding hydrogens is 443 g/mol. The first-order chi connectivity index (χ1) is 17.2. The molecule has 1 amide bonds. The fourth-order valence-electron chi connectivity index (χ4n) is 4.31. The predicted octanol–water partition coefficient (Wildman–Crippen LogP) is 4.70. The monoisotopic (exact) mass is 470 g/mol. The van der Waals surface area contributed by atoms with Crippen LogP contribution in [-0.4, -0.2) is 55.1 Å². The first-order valence-corrected chi connectivity index (χ1v) is 11.8. The van der Waals surface area contributed by atoms with Crippen LogP contribution in [0.5, 0.6) is 0 Å². The summed E-state index contributed by atoms with van der Waals surface area (Å²) in [5.74, 6) is 0.719. The number of hydrogen-bond donors (Lipinski definition) is 1. The first kappa shape index (κ1) is 22.8. The molecule has 0 aliphatic carbocycles. The van der Waals surface area contributed by atoms with E-state index in [4.69, 9.17) is 4.42 Å². The number of piperazine rings is 1. The number of carbonyl (C=O) groups excluding carboxylic acids is 1. The smallest absolute Gasteiger partial charge is 0.252 e. The molecule has 1 fully saturated rings. The van der Waals surface area contributed by atoms with Gasteiger partial charge in [-0.05, 0) is 36.4 Å². The molecule has 1 aromatic heterocycles. The van der Waals surface area contributed by atoms with Gasteiger partial charge in [-0.1, -0.05) is 42.5 Å². The van der Waals surface area contributed by atoms with Gasteiger partial charge in [-0.25, -0.2) is 9.37 Å². The molecule has 0 radical (unpaired) electrons. The summed E-state index contributed by atoms with van der Waals surface area (Å²) in [7, 11) is 0. The van der Waals surface area contributed by atoms with Crippen LogP contribution < -0.4 is 10.2 Å². The van der Waals surface area contributed by atoms with Crippen molar-refractivity contribution in [1.82, 2.24) is 15.2 Å². The zero-order chi connectivity index (χ0) is 24.0. The van der Waals surface area contributed by atoms with Gasteiger partial charge in [0.05, 0.1) is 11.8 Å². The number of oxazole rings is 1. The summed E-state index contributed by atoms with van der Waals surface area (Å²) >= 11 is 0. The van der Waals surface area contributed by atoms with Gasteiger partial charge < -0.3 is 14.6 Å². The highest BCUT2D eigenvalue weighted by Crippen LogP contribution is 2.28. The van der Waals surface area contributed by atoms with Gasteiger partial charge in [0.2, 0.25) is 5.89 Å². The van der Waals surface area contributed by atoms with Crippen LogP contribution in [0.25, 0.3) is 22.8 Å². The van der Waals surface area contributed by atoms with Gasteiger partial charge in [0, 0.05) is 56.1 Å². The number of rotatable bonds is 7. The highest BCUT2D eigenvalue weighted by atomic mass is 19.1. The van der Waals surface area contributed by atoms with E-state index in [2.05, 4.69) is 20.1 Å². The van der Waals surface area contributed by atoms with E-state index in [0.29, 0.717) is 29.3 Å². The Hall–Kier alpha value is -3.97. The van der Waals surface area contributed by atoms with E-state index in [-0.39, 0.29) is 11.7 Å². The molecule has 0 unspecified atom stereocenters. The normalized spacial score (nSPS) is 14.1. The number of carbonyl (C=O) groups is 1. The second kappa shape index (κ2) is 10.5. The van der Waals surface area contributed by atoms with Crippen LogP contribution in [0.3, 0.4) is 0 Å². The summed E-state index contributed by atoms with van der Waals surface area (Å²) in [5, 5.41) is 3.04. The van der Waals surface area contributed by atoms with Crippen LogP contribution in [0.4, 0.5) is 10.1 Å². The Bertz CT molecular complexity index is 1270. The molecule has 2 heterocycles. The summed E-state index contributed by atoms with van der Waals surface area (Å²) in [6, 6.07) is 23.8. The Balaban J connectivity index is 1.16. The van der Waals surface area contributed by atoms with Crippen LogP contribution in [0.15, 0.2) is 89.5 Å². The third-order valence-electron chi connectivity index (χ3n) is 6.24. The van der Waals surface area contributed by atoms with E-state index in [1.54, 1.807) is 12.3 Å². The summed E-state index contributed by atoms with van der Waals surface area (Å²) < 4.78 is 19.1. The maximum Gasteiger partial charge on any atom is 0.252 e. The molecule has 7 heteroatoms. The van der Waals surface area contributed by atoms with E-state index < -0.39 is 0 Å². The largest absolute Gasteiger partial charge is 0.436 e. The van der Waals surface area contributed by atoms with Gasteiger partial charge in [-0.15, -0.1) is 0 Å². The van der Waals surface area contributed by atoms with Crippen LogP contribution in [0.2, 0.25) is 0 Å². The van der Waals surface area contributed by atoms with Crippen molar-refractivity contribution in [3.63, 3.8) is 0 Å². The third-order valence-corrected chi connectivity index (χ3v) is 6.24. The second-order valence-electron chi connectivity index (χ2n) is 8.50. The van der Waals surface area contributed by atoms with Gasteiger partial charge in [-0.2, -0.15) is 0 Å². The number of benzene rings is 3. The summed E-state index contributed by atoms with van der Waals surface area (Å²) in [5.41, 5.74) is 3.18. The molecule has 1 N–H and O–H groups in total. The summed E-state index contributed by atoms with van der Waals surface area (Å²) in [6.07, 6.45) is 1.69. The number of aromatic nitrogens is 1. The molecule has 3 aromatic carbocycles. The van der Waals surface area contributed by atoms with Crippen molar-refractivity contribution in [3.8, 4) is 22.8 Å². The third kappa shape index (κ3) is 5.41. The molecule has 1 aliphatic heterocycles. The van der Waals surface area contributed by atoms with Crippen LogP contribution in [-0.2, 0) is 0 Å². The highest BCUT2D eigenvalue weighted by molar-refractivity contribution is 6.00. The van der Waals surface area contributed by atoms with E-state index in [1.807, 2.05) is 60.7 Å². The van der Waals surface area contributed by atoms with Crippen LogP contribution in [0.1, 0.15) is 10.4 Å². The zero-order valence-corrected chi connectivity index (χ0v) is 19.4. The average molecular weight is 471 g/mol. The number of halogens is 1. The number of anilines is 1. The maximum absolute atomic E-state index is 13.2. The molecule has 35 heavy (non-hydrogen) atoms. The van der Waals surface area contributed by atoms with Gasteiger partial charge in [0.1, 0.15) is 5.82 Å². The molecule has 0 saturated carbocycles. The Morgan fingerprint density at radius 3 is 2.40 bits per heavy atom. The standard InChI is InChI=1S/C28H27FN4O2/c29-22-10-12-23(13-11-22)33-18-16-32(17-19-33)15-14-30-27(34)24-8-4-5-9-25(24)28-31-20-26(35-28)21-6-2-1-3-7-21/h1-13,20H,14-19H2,(H,30,34). The summed E-state index contributed by atoms with van der Waals surface area (Å²) in [6.45, 7) is 4.84. The van der Waals surface area contributed by atoms with Crippen molar-refractivity contribution in [2.75, 3.05) is 44.2 Å². The molecule has 5 rings (SSSR count). The molecule has 1 aliphatic rings. The maximum atomic E-state index is 13.2.